The molecule has 0 saturated heterocycles. The Hall–Kier alpha value is -3.00. The number of anilines is 1. The molecule has 24 heavy (non-hydrogen) atoms. The molecule has 2 aromatic heterocycles. The fourth-order valence-corrected chi connectivity index (χ4v) is 2.64. The van der Waals surface area contributed by atoms with Crippen molar-refractivity contribution >= 4 is 28.3 Å². The summed E-state index contributed by atoms with van der Waals surface area (Å²) in [6.07, 6.45) is 1.38. The van der Waals surface area contributed by atoms with Gasteiger partial charge < -0.3 is 15.1 Å². The first-order valence-corrected chi connectivity index (χ1v) is 7.83. The second-order valence-electron chi connectivity index (χ2n) is 4.75. The Morgan fingerprint density at radius 2 is 2.00 bits per heavy atom. The van der Waals surface area contributed by atoms with Crippen LogP contribution in [0.25, 0.3) is 11.3 Å². The fraction of sp³-hybridized carbons (Fsp3) is 0.0625. The predicted octanol–water partition coefficient (Wildman–Crippen LogP) is 2.91. The average molecular weight is 345 g/mol. The number of aromatic nitrogens is 1. The van der Waals surface area contributed by atoms with Gasteiger partial charge in [0.15, 0.2) is 10.9 Å². The van der Waals surface area contributed by atoms with Gasteiger partial charge in [-0.15, -0.1) is 11.3 Å². The molecule has 0 aliphatic carbocycles. The van der Waals surface area contributed by atoms with Crippen LogP contribution in [0.4, 0.5) is 9.52 Å². The van der Waals surface area contributed by atoms with E-state index in [-0.39, 0.29) is 18.1 Å². The Morgan fingerprint density at radius 3 is 2.71 bits per heavy atom. The van der Waals surface area contributed by atoms with Crippen LogP contribution in [-0.2, 0) is 4.79 Å². The number of halogens is 1. The number of benzene rings is 1. The van der Waals surface area contributed by atoms with Crippen LogP contribution in [0, 0.1) is 5.82 Å². The van der Waals surface area contributed by atoms with Gasteiger partial charge in [0.05, 0.1) is 18.5 Å². The maximum Gasteiger partial charge on any atom is 0.287 e. The van der Waals surface area contributed by atoms with Gasteiger partial charge in [-0.1, -0.05) is 0 Å². The second kappa shape index (κ2) is 7.05. The summed E-state index contributed by atoms with van der Waals surface area (Å²) in [7, 11) is 0. The summed E-state index contributed by atoms with van der Waals surface area (Å²) >= 11 is 1.24. The zero-order valence-electron chi connectivity index (χ0n) is 12.3. The molecule has 3 rings (SSSR count). The highest BCUT2D eigenvalue weighted by Crippen LogP contribution is 2.24. The molecule has 0 aliphatic rings. The highest BCUT2D eigenvalue weighted by molar-refractivity contribution is 7.14. The number of carbonyl (C=O) groups excluding carboxylic acids is 2. The Kier molecular flexibility index (Phi) is 4.66. The molecule has 0 spiro atoms. The third-order valence-corrected chi connectivity index (χ3v) is 3.80. The number of thiazole rings is 1. The number of hydrogen-bond acceptors (Lipinski definition) is 5. The van der Waals surface area contributed by atoms with Crippen LogP contribution in [0.2, 0.25) is 0 Å². The van der Waals surface area contributed by atoms with Crippen molar-refractivity contribution in [2.24, 2.45) is 0 Å². The smallest absolute Gasteiger partial charge is 0.287 e. The molecule has 2 N–H and O–H groups in total. The number of amides is 2. The monoisotopic (exact) mass is 345 g/mol. The van der Waals surface area contributed by atoms with Crippen molar-refractivity contribution in [1.29, 1.82) is 0 Å². The Bertz CT molecular complexity index is 844. The van der Waals surface area contributed by atoms with Crippen molar-refractivity contribution in [2.45, 2.75) is 0 Å². The molecular formula is C16H12FN3O3S. The normalized spacial score (nSPS) is 10.4. The van der Waals surface area contributed by atoms with E-state index in [1.807, 2.05) is 0 Å². The quantitative estimate of drug-likeness (QED) is 0.745. The van der Waals surface area contributed by atoms with E-state index in [1.165, 1.54) is 35.8 Å². The standard InChI is InChI=1S/C16H12FN3O3S/c17-11-5-3-10(4-6-11)12-9-24-16(19-12)20-14(21)8-18-15(22)13-2-1-7-23-13/h1-7,9H,8H2,(H,18,22)(H,19,20,21). The molecule has 3 aromatic rings. The molecule has 0 atom stereocenters. The Balaban J connectivity index is 1.55. The van der Waals surface area contributed by atoms with Gasteiger partial charge >= 0.3 is 0 Å². The van der Waals surface area contributed by atoms with Crippen molar-refractivity contribution in [3.8, 4) is 11.3 Å². The van der Waals surface area contributed by atoms with Crippen molar-refractivity contribution < 1.29 is 18.4 Å². The molecule has 0 bridgehead atoms. The number of nitrogens with one attached hydrogen (secondary N) is 2. The lowest BCUT2D eigenvalue weighted by molar-refractivity contribution is -0.115. The first-order valence-electron chi connectivity index (χ1n) is 6.95. The molecule has 0 saturated carbocycles. The topological polar surface area (TPSA) is 84.2 Å². The highest BCUT2D eigenvalue weighted by atomic mass is 32.1. The van der Waals surface area contributed by atoms with E-state index >= 15 is 0 Å². The third-order valence-electron chi connectivity index (χ3n) is 3.04. The number of furan rings is 1. The number of nitrogens with zero attached hydrogens (tertiary/aromatic N) is 1. The van der Waals surface area contributed by atoms with Gasteiger partial charge in [0, 0.05) is 10.9 Å². The number of rotatable bonds is 5. The second-order valence-corrected chi connectivity index (χ2v) is 5.61. The maximum atomic E-state index is 12.9. The van der Waals surface area contributed by atoms with Crippen molar-refractivity contribution in [2.75, 3.05) is 11.9 Å². The molecular weight excluding hydrogens is 333 g/mol. The predicted molar refractivity (Wildman–Crippen MR) is 87.2 cm³/mol. The van der Waals surface area contributed by atoms with Crippen molar-refractivity contribution in [1.82, 2.24) is 10.3 Å². The summed E-state index contributed by atoms with van der Waals surface area (Å²) in [5, 5.41) is 7.18. The molecule has 2 heterocycles. The van der Waals surface area contributed by atoms with Crippen LogP contribution in [0.3, 0.4) is 0 Å². The minimum atomic E-state index is -0.471. The molecule has 1 aromatic carbocycles. The summed E-state index contributed by atoms with van der Waals surface area (Å²) in [5.41, 5.74) is 1.38. The molecule has 0 fully saturated rings. The number of carbonyl (C=O) groups is 2. The van der Waals surface area contributed by atoms with E-state index < -0.39 is 11.8 Å². The van der Waals surface area contributed by atoms with Gasteiger partial charge in [0.25, 0.3) is 5.91 Å². The van der Waals surface area contributed by atoms with Crippen LogP contribution in [-0.4, -0.2) is 23.3 Å². The number of hydrogen-bond donors (Lipinski definition) is 2. The van der Waals surface area contributed by atoms with E-state index in [9.17, 15) is 14.0 Å². The van der Waals surface area contributed by atoms with Gasteiger partial charge in [0.1, 0.15) is 5.82 Å². The van der Waals surface area contributed by atoms with Crippen LogP contribution in [0.5, 0.6) is 0 Å². The minimum absolute atomic E-state index is 0.135. The van der Waals surface area contributed by atoms with E-state index in [0.717, 1.165) is 5.56 Å². The lowest BCUT2D eigenvalue weighted by Crippen LogP contribution is -2.32. The highest BCUT2D eigenvalue weighted by Gasteiger charge is 2.12. The maximum absolute atomic E-state index is 12.9. The van der Waals surface area contributed by atoms with Gasteiger partial charge in [-0.25, -0.2) is 9.37 Å². The Labute approximate surface area is 140 Å². The average Bonchev–Trinajstić information content (AvgIpc) is 3.25. The van der Waals surface area contributed by atoms with Crippen LogP contribution in [0.1, 0.15) is 10.6 Å². The van der Waals surface area contributed by atoms with Crippen LogP contribution < -0.4 is 10.6 Å². The van der Waals surface area contributed by atoms with Crippen molar-refractivity contribution in [3.63, 3.8) is 0 Å². The summed E-state index contributed by atoms with van der Waals surface area (Å²) < 4.78 is 17.8. The van der Waals surface area contributed by atoms with Crippen LogP contribution in [0.15, 0.2) is 52.5 Å². The summed E-state index contributed by atoms with van der Waals surface area (Å²) in [6, 6.07) is 9.00. The summed E-state index contributed by atoms with van der Waals surface area (Å²) in [5.74, 6) is -1.07. The molecule has 0 unspecified atom stereocenters. The molecule has 0 radical (unpaired) electrons. The summed E-state index contributed by atoms with van der Waals surface area (Å²) in [4.78, 5) is 27.7. The van der Waals surface area contributed by atoms with Gasteiger partial charge in [-0.3, -0.25) is 9.59 Å². The van der Waals surface area contributed by atoms with Gasteiger partial charge in [-0.2, -0.15) is 0 Å². The van der Waals surface area contributed by atoms with Gasteiger partial charge in [0.2, 0.25) is 5.91 Å². The molecule has 8 heteroatoms. The Morgan fingerprint density at radius 1 is 1.21 bits per heavy atom. The largest absolute Gasteiger partial charge is 0.459 e. The lowest BCUT2D eigenvalue weighted by Gasteiger charge is -2.03. The van der Waals surface area contributed by atoms with E-state index in [0.29, 0.717) is 10.8 Å². The van der Waals surface area contributed by atoms with Crippen LogP contribution >= 0.6 is 11.3 Å². The zero-order valence-corrected chi connectivity index (χ0v) is 13.1. The molecule has 2 amide bonds. The van der Waals surface area contributed by atoms with E-state index in [2.05, 4.69) is 15.6 Å². The lowest BCUT2D eigenvalue weighted by atomic mass is 10.2. The first kappa shape index (κ1) is 15.9. The van der Waals surface area contributed by atoms with Crippen molar-refractivity contribution in [3.05, 3.63) is 59.6 Å². The minimum Gasteiger partial charge on any atom is -0.459 e. The summed E-state index contributed by atoms with van der Waals surface area (Å²) in [6.45, 7) is -0.203. The molecule has 122 valence electrons. The van der Waals surface area contributed by atoms with E-state index in [4.69, 9.17) is 4.42 Å². The molecule has 6 nitrogen and oxygen atoms in total. The zero-order chi connectivity index (χ0) is 16.9. The van der Waals surface area contributed by atoms with Gasteiger partial charge in [-0.05, 0) is 36.4 Å². The first-order chi connectivity index (χ1) is 11.6. The molecule has 0 aliphatic heterocycles. The third kappa shape index (κ3) is 3.85. The SMILES string of the molecule is O=C(CNC(=O)c1ccco1)Nc1nc(-c2ccc(F)cc2)cs1. The fourth-order valence-electron chi connectivity index (χ4n) is 1.90. The van der Waals surface area contributed by atoms with E-state index in [1.54, 1.807) is 23.6 Å².